The number of benzene rings is 1. The number of nitrogens with zero attached hydrogens (tertiary/aromatic N) is 1. The van der Waals surface area contributed by atoms with Crippen molar-refractivity contribution in [3.05, 3.63) is 35.4 Å². The molecule has 2 rings (SSSR count). The molecule has 90 valence electrons. The lowest BCUT2D eigenvalue weighted by Crippen LogP contribution is -2.12. The molecule has 0 spiro atoms. The first kappa shape index (κ1) is 12.1. The van der Waals surface area contributed by atoms with E-state index in [1.54, 1.807) is 6.92 Å². The third kappa shape index (κ3) is 2.07. The molecule has 0 unspecified atom stereocenters. The molecule has 1 aromatic carbocycles. The minimum Gasteiger partial charge on any atom is -0.228 e. The Morgan fingerprint density at radius 3 is 2.35 bits per heavy atom. The molecule has 3 nitrogen and oxygen atoms in total. The summed E-state index contributed by atoms with van der Waals surface area (Å²) >= 11 is 0. The molecule has 0 radical (unpaired) electrons. The highest BCUT2D eigenvalue weighted by Gasteiger charge is 2.58. The van der Waals surface area contributed by atoms with E-state index in [4.69, 9.17) is 5.26 Å². The largest absolute Gasteiger partial charge is 0.228 e. The average molecular weight is 249 g/mol. The van der Waals surface area contributed by atoms with Gasteiger partial charge in [-0.2, -0.15) is 5.26 Å². The Balaban J connectivity index is 2.30. The second-order valence-electron chi connectivity index (χ2n) is 4.51. The number of rotatable bonds is 3. The van der Waals surface area contributed by atoms with Crippen LogP contribution in [0.3, 0.4) is 0 Å². The summed E-state index contributed by atoms with van der Waals surface area (Å²) in [5.74, 6) is -0.397. The van der Waals surface area contributed by atoms with E-state index in [-0.39, 0.29) is 17.6 Å². The number of hydrogen-bond acceptors (Lipinski definition) is 3. The van der Waals surface area contributed by atoms with Gasteiger partial charge in [0.05, 0.1) is 17.2 Å². The molecule has 0 amide bonds. The zero-order chi connectivity index (χ0) is 12.6. The maximum Gasteiger partial charge on any atom is 0.154 e. The smallest absolute Gasteiger partial charge is 0.154 e. The minimum atomic E-state index is -3.12. The van der Waals surface area contributed by atoms with Crippen molar-refractivity contribution in [2.24, 2.45) is 5.92 Å². The molecular formula is C13H15NO2S. The molecule has 3 atom stereocenters. The van der Waals surface area contributed by atoms with Crippen LogP contribution in [0.2, 0.25) is 0 Å². The standard InChI is InChI=1S/C13H15NO2S/c1-3-17(15,16)13-11(8-14)12(13)10-6-4-9(2)5-7-10/h4-7,11-13H,3H2,1-2H3/t11-,12+,13+/m0/s1. The Kier molecular flexibility index (Phi) is 2.96. The van der Waals surface area contributed by atoms with E-state index in [2.05, 4.69) is 6.07 Å². The van der Waals surface area contributed by atoms with Crippen molar-refractivity contribution >= 4 is 9.84 Å². The van der Waals surface area contributed by atoms with Gasteiger partial charge < -0.3 is 0 Å². The van der Waals surface area contributed by atoms with Gasteiger partial charge in [-0.3, -0.25) is 0 Å². The van der Waals surface area contributed by atoms with Gasteiger partial charge in [-0.1, -0.05) is 36.8 Å². The predicted octanol–water partition coefficient (Wildman–Crippen LogP) is 2.04. The van der Waals surface area contributed by atoms with Crippen LogP contribution >= 0.6 is 0 Å². The highest BCUT2D eigenvalue weighted by molar-refractivity contribution is 7.92. The lowest BCUT2D eigenvalue weighted by molar-refractivity contribution is 0.594. The van der Waals surface area contributed by atoms with Gasteiger partial charge in [0.15, 0.2) is 9.84 Å². The molecule has 1 aliphatic carbocycles. The summed E-state index contributed by atoms with van der Waals surface area (Å²) in [6.07, 6.45) is 0. The molecule has 1 fully saturated rings. The topological polar surface area (TPSA) is 57.9 Å². The number of hydrogen-bond donors (Lipinski definition) is 0. The third-order valence-corrected chi connectivity index (χ3v) is 5.60. The van der Waals surface area contributed by atoms with Crippen molar-refractivity contribution in [3.63, 3.8) is 0 Å². The van der Waals surface area contributed by atoms with E-state index in [0.717, 1.165) is 11.1 Å². The van der Waals surface area contributed by atoms with Gasteiger partial charge in [0, 0.05) is 11.7 Å². The molecule has 1 aliphatic rings. The van der Waals surface area contributed by atoms with Crippen LogP contribution in [0.15, 0.2) is 24.3 Å². The SMILES string of the molecule is CCS(=O)(=O)[C@@H]1[C@@H](C#N)[C@H]1c1ccc(C)cc1. The van der Waals surface area contributed by atoms with Crippen molar-refractivity contribution in [2.45, 2.75) is 25.0 Å². The first-order valence-electron chi connectivity index (χ1n) is 5.69. The second-order valence-corrected chi connectivity index (χ2v) is 6.95. The summed E-state index contributed by atoms with van der Waals surface area (Å²) in [5, 5.41) is 8.51. The summed E-state index contributed by atoms with van der Waals surface area (Å²) in [4.78, 5) is 0. The molecule has 4 heteroatoms. The van der Waals surface area contributed by atoms with E-state index in [1.807, 2.05) is 31.2 Å². The second kappa shape index (κ2) is 4.15. The van der Waals surface area contributed by atoms with Crippen LogP contribution in [0.25, 0.3) is 0 Å². The van der Waals surface area contributed by atoms with Crippen LogP contribution in [0.1, 0.15) is 24.0 Å². The monoisotopic (exact) mass is 249 g/mol. The van der Waals surface area contributed by atoms with Gasteiger partial charge in [-0.05, 0) is 12.5 Å². The van der Waals surface area contributed by atoms with Crippen molar-refractivity contribution in [1.82, 2.24) is 0 Å². The normalized spacial score (nSPS) is 27.5. The van der Waals surface area contributed by atoms with Crippen LogP contribution in [0.4, 0.5) is 0 Å². The number of sulfone groups is 1. The quantitative estimate of drug-likeness (QED) is 0.823. The Hall–Kier alpha value is -1.34. The fraction of sp³-hybridized carbons (Fsp3) is 0.462. The van der Waals surface area contributed by atoms with Crippen LogP contribution in [0, 0.1) is 24.2 Å². The Labute approximate surface area is 102 Å². The van der Waals surface area contributed by atoms with Gasteiger partial charge in [-0.15, -0.1) is 0 Å². The highest BCUT2D eigenvalue weighted by atomic mass is 32.2. The molecule has 0 aliphatic heterocycles. The maximum absolute atomic E-state index is 11.8. The Bertz CT molecular complexity index is 554. The van der Waals surface area contributed by atoms with Gasteiger partial charge in [-0.25, -0.2) is 8.42 Å². The first-order valence-corrected chi connectivity index (χ1v) is 7.40. The molecular weight excluding hydrogens is 234 g/mol. The summed E-state index contributed by atoms with van der Waals surface area (Å²) in [6.45, 7) is 3.62. The number of aryl methyl sites for hydroxylation is 1. The van der Waals surface area contributed by atoms with Crippen LogP contribution in [-0.4, -0.2) is 19.4 Å². The fourth-order valence-electron chi connectivity index (χ4n) is 2.26. The van der Waals surface area contributed by atoms with E-state index in [1.165, 1.54) is 0 Å². The summed E-state index contributed by atoms with van der Waals surface area (Å²) in [6, 6.07) is 9.88. The fourth-order valence-corrected chi connectivity index (χ4v) is 4.01. The van der Waals surface area contributed by atoms with Gasteiger partial charge in [0.2, 0.25) is 0 Å². The summed E-state index contributed by atoms with van der Waals surface area (Å²) in [5.41, 5.74) is 2.10. The average Bonchev–Trinajstić information content (AvgIpc) is 3.05. The van der Waals surface area contributed by atoms with Crippen molar-refractivity contribution in [2.75, 3.05) is 5.75 Å². The Morgan fingerprint density at radius 2 is 1.88 bits per heavy atom. The van der Waals surface area contributed by atoms with Gasteiger partial charge >= 0.3 is 0 Å². The predicted molar refractivity (Wildman–Crippen MR) is 66.3 cm³/mol. The third-order valence-electron chi connectivity index (χ3n) is 3.38. The van der Waals surface area contributed by atoms with E-state index in [0.29, 0.717) is 0 Å². The molecule has 0 aromatic heterocycles. The van der Waals surface area contributed by atoms with Crippen LogP contribution in [-0.2, 0) is 9.84 Å². The van der Waals surface area contributed by atoms with Gasteiger partial charge in [0.1, 0.15) is 0 Å². The summed E-state index contributed by atoms with van der Waals surface area (Å²) < 4.78 is 23.7. The lowest BCUT2D eigenvalue weighted by atomic mass is 10.1. The van der Waals surface area contributed by atoms with Crippen molar-refractivity contribution in [1.29, 1.82) is 5.26 Å². The van der Waals surface area contributed by atoms with Crippen molar-refractivity contribution < 1.29 is 8.42 Å². The molecule has 1 saturated carbocycles. The molecule has 1 aromatic rings. The van der Waals surface area contributed by atoms with Crippen LogP contribution in [0.5, 0.6) is 0 Å². The molecule has 0 bridgehead atoms. The maximum atomic E-state index is 11.8. The van der Waals surface area contributed by atoms with Crippen molar-refractivity contribution in [3.8, 4) is 6.07 Å². The van der Waals surface area contributed by atoms with E-state index in [9.17, 15) is 8.42 Å². The Morgan fingerprint density at radius 1 is 1.29 bits per heavy atom. The summed E-state index contributed by atoms with van der Waals surface area (Å²) in [7, 11) is -3.12. The molecule has 0 N–H and O–H groups in total. The molecule has 0 heterocycles. The lowest BCUT2D eigenvalue weighted by Gasteiger charge is -2.01. The van der Waals surface area contributed by atoms with Crippen LogP contribution < -0.4 is 0 Å². The van der Waals surface area contributed by atoms with E-state index >= 15 is 0 Å². The molecule has 0 saturated heterocycles. The zero-order valence-corrected chi connectivity index (χ0v) is 10.7. The minimum absolute atomic E-state index is 0.109. The van der Waals surface area contributed by atoms with Gasteiger partial charge in [0.25, 0.3) is 0 Å². The first-order chi connectivity index (χ1) is 8.01. The zero-order valence-electron chi connectivity index (χ0n) is 9.92. The van der Waals surface area contributed by atoms with E-state index < -0.39 is 15.1 Å². The molecule has 17 heavy (non-hydrogen) atoms. The highest BCUT2D eigenvalue weighted by Crippen LogP contribution is 2.52. The number of nitriles is 1.